The van der Waals surface area contributed by atoms with Crippen molar-refractivity contribution >= 4 is 17.2 Å². The van der Waals surface area contributed by atoms with Gasteiger partial charge in [-0.15, -0.1) is 11.3 Å². The lowest BCUT2D eigenvalue weighted by atomic mass is 10.0. The van der Waals surface area contributed by atoms with E-state index in [1.807, 2.05) is 22.4 Å². The number of aliphatic hydroxyl groups excluding tert-OH is 1. The molecule has 1 amide bonds. The lowest BCUT2D eigenvalue weighted by Gasteiger charge is -2.34. The van der Waals surface area contributed by atoms with Gasteiger partial charge < -0.3 is 10.0 Å². The number of likely N-dealkylation sites (tertiary alicyclic amines) is 2. The number of hydrogen-bond donors (Lipinski definition) is 1. The minimum Gasteiger partial charge on any atom is -0.388 e. The molecule has 134 valence electrons. The van der Waals surface area contributed by atoms with E-state index in [4.69, 9.17) is 0 Å². The number of aliphatic hydroxyl groups is 1. The molecule has 0 spiro atoms. The summed E-state index contributed by atoms with van der Waals surface area (Å²) in [5, 5.41) is 12.6. The summed E-state index contributed by atoms with van der Waals surface area (Å²) in [6.07, 6.45) is 8.58. The van der Waals surface area contributed by atoms with E-state index < -0.39 is 6.10 Å². The number of piperidine rings is 1. The molecule has 2 atom stereocenters. The maximum absolute atomic E-state index is 12.7. The first-order valence-electron chi connectivity index (χ1n) is 9.47. The van der Waals surface area contributed by atoms with Crippen LogP contribution in [-0.4, -0.2) is 53.0 Å². The second-order valence-electron chi connectivity index (χ2n) is 7.18. The summed E-state index contributed by atoms with van der Waals surface area (Å²) >= 11 is 1.62. The topological polar surface area (TPSA) is 43.8 Å². The number of thiophene rings is 1. The Morgan fingerprint density at radius 2 is 1.92 bits per heavy atom. The third-order valence-corrected chi connectivity index (χ3v) is 6.39. The molecule has 2 saturated heterocycles. The summed E-state index contributed by atoms with van der Waals surface area (Å²) in [5.74, 6) is 0.284. The van der Waals surface area contributed by atoms with E-state index >= 15 is 0 Å². The lowest BCUT2D eigenvalue weighted by molar-refractivity contribution is -0.134. The van der Waals surface area contributed by atoms with Crippen molar-refractivity contribution in [2.24, 2.45) is 0 Å². The van der Waals surface area contributed by atoms with E-state index in [9.17, 15) is 9.90 Å². The molecule has 0 bridgehead atoms. The Labute approximate surface area is 149 Å². The highest BCUT2D eigenvalue weighted by molar-refractivity contribution is 7.10. The van der Waals surface area contributed by atoms with E-state index in [-0.39, 0.29) is 5.91 Å². The third kappa shape index (κ3) is 4.80. The Kier molecular flexibility index (Phi) is 6.69. The minimum atomic E-state index is -0.402. The van der Waals surface area contributed by atoms with Gasteiger partial charge in [-0.25, -0.2) is 0 Å². The zero-order chi connectivity index (χ0) is 16.8. The second kappa shape index (κ2) is 8.97. The second-order valence-corrected chi connectivity index (χ2v) is 8.16. The number of carbonyl (C=O) groups is 1. The molecule has 2 aliphatic heterocycles. The molecule has 5 heteroatoms. The fourth-order valence-corrected chi connectivity index (χ4v) is 4.71. The fraction of sp³-hybridized carbons (Fsp3) is 0.737. The van der Waals surface area contributed by atoms with Crippen molar-refractivity contribution in [2.75, 3.05) is 26.2 Å². The van der Waals surface area contributed by atoms with Crippen molar-refractivity contribution in [3.63, 3.8) is 0 Å². The molecule has 0 saturated carbocycles. The maximum Gasteiger partial charge on any atom is 0.236 e. The molecule has 1 aromatic rings. The van der Waals surface area contributed by atoms with Gasteiger partial charge in [0.1, 0.15) is 0 Å². The smallest absolute Gasteiger partial charge is 0.236 e. The molecule has 24 heavy (non-hydrogen) atoms. The van der Waals surface area contributed by atoms with Gasteiger partial charge in [0, 0.05) is 24.0 Å². The molecule has 4 nitrogen and oxygen atoms in total. The molecule has 0 aliphatic carbocycles. The highest BCUT2D eigenvalue weighted by atomic mass is 32.1. The fourth-order valence-electron chi connectivity index (χ4n) is 3.98. The summed E-state index contributed by atoms with van der Waals surface area (Å²) in [6.45, 7) is 3.37. The average Bonchev–Trinajstić information content (AvgIpc) is 3.07. The summed E-state index contributed by atoms with van der Waals surface area (Å²) in [5.41, 5.74) is 0. The summed E-state index contributed by atoms with van der Waals surface area (Å²) in [7, 11) is 0. The van der Waals surface area contributed by atoms with Gasteiger partial charge in [0.05, 0.1) is 12.6 Å². The predicted molar refractivity (Wildman–Crippen MR) is 98.2 cm³/mol. The van der Waals surface area contributed by atoms with Gasteiger partial charge in [-0.2, -0.15) is 0 Å². The van der Waals surface area contributed by atoms with Crippen LogP contribution >= 0.6 is 11.3 Å². The van der Waals surface area contributed by atoms with Crippen LogP contribution in [0.2, 0.25) is 0 Å². The summed E-state index contributed by atoms with van der Waals surface area (Å²) < 4.78 is 0. The third-order valence-electron chi connectivity index (χ3n) is 5.41. The first kappa shape index (κ1) is 17.9. The van der Waals surface area contributed by atoms with Crippen molar-refractivity contribution in [3.05, 3.63) is 22.4 Å². The van der Waals surface area contributed by atoms with Crippen LogP contribution in [0, 0.1) is 0 Å². The molecule has 1 aromatic heterocycles. The molecular weight excluding hydrogens is 320 g/mol. The highest BCUT2D eigenvalue weighted by Gasteiger charge is 2.28. The van der Waals surface area contributed by atoms with Crippen LogP contribution in [0.5, 0.6) is 0 Å². The van der Waals surface area contributed by atoms with Crippen LogP contribution < -0.4 is 0 Å². The van der Waals surface area contributed by atoms with Crippen LogP contribution in [0.15, 0.2) is 17.5 Å². The maximum atomic E-state index is 12.7. The first-order valence-corrected chi connectivity index (χ1v) is 10.4. The van der Waals surface area contributed by atoms with Crippen LogP contribution in [0.1, 0.15) is 62.3 Å². The lowest BCUT2D eigenvalue weighted by Crippen LogP contribution is -2.46. The van der Waals surface area contributed by atoms with Gasteiger partial charge in [0.25, 0.3) is 0 Å². The Morgan fingerprint density at radius 3 is 2.67 bits per heavy atom. The summed E-state index contributed by atoms with van der Waals surface area (Å²) in [4.78, 5) is 18.1. The Morgan fingerprint density at radius 1 is 1.17 bits per heavy atom. The van der Waals surface area contributed by atoms with Crippen LogP contribution in [0.3, 0.4) is 0 Å². The van der Waals surface area contributed by atoms with Crippen molar-refractivity contribution in [3.8, 4) is 0 Å². The van der Waals surface area contributed by atoms with E-state index in [0.717, 1.165) is 50.2 Å². The SMILES string of the molecule is O=C(CN1CCCCC[C@@H]1C[C@H](O)c1cccs1)N1CCCCC1. The van der Waals surface area contributed by atoms with Gasteiger partial charge in [0.2, 0.25) is 5.91 Å². The normalized spacial score (nSPS) is 24.5. The highest BCUT2D eigenvalue weighted by Crippen LogP contribution is 2.28. The molecule has 0 radical (unpaired) electrons. The van der Waals surface area contributed by atoms with Crippen molar-refractivity contribution in [1.29, 1.82) is 0 Å². The molecule has 2 aliphatic rings. The van der Waals surface area contributed by atoms with Crippen molar-refractivity contribution in [1.82, 2.24) is 9.80 Å². The van der Waals surface area contributed by atoms with E-state index in [1.54, 1.807) is 11.3 Å². The number of hydrogen-bond acceptors (Lipinski definition) is 4. The molecular formula is C19H30N2O2S. The van der Waals surface area contributed by atoms with Gasteiger partial charge in [0.15, 0.2) is 0 Å². The first-order chi connectivity index (χ1) is 11.7. The van der Waals surface area contributed by atoms with Crippen molar-refractivity contribution < 1.29 is 9.90 Å². The van der Waals surface area contributed by atoms with Gasteiger partial charge in [-0.3, -0.25) is 9.69 Å². The molecule has 1 N–H and O–H groups in total. The molecule has 2 fully saturated rings. The molecule has 0 aromatic carbocycles. The largest absolute Gasteiger partial charge is 0.388 e. The van der Waals surface area contributed by atoms with E-state index in [2.05, 4.69) is 4.90 Å². The van der Waals surface area contributed by atoms with Gasteiger partial charge in [-0.05, 0) is 56.5 Å². The molecule has 3 heterocycles. The van der Waals surface area contributed by atoms with Gasteiger partial charge in [-0.1, -0.05) is 18.9 Å². The van der Waals surface area contributed by atoms with Crippen molar-refractivity contribution in [2.45, 2.75) is 63.5 Å². The number of rotatable bonds is 5. The molecule has 3 rings (SSSR count). The zero-order valence-corrected chi connectivity index (χ0v) is 15.3. The quantitative estimate of drug-likeness (QED) is 0.885. The van der Waals surface area contributed by atoms with Crippen LogP contribution in [0.25, 0.3) is 0 Å². The predicted octanol–water partition coefficient (Wildman–Crippen LogP) is 3.43. The number of nitrogens with zero attached hydrogens (tertiary/aromatic N) is 2. The number of carbonyl (C=O) groups excluding carboxylic acids is 1. The summed E-state index contributed by atoms with van der Waals surface area (Å²) in [6, 6.07) is 4.32. The minimum absolute atomic E-state index is 0.284. The molecule has 0 unspecified atom stereocenters. The van der Waals surface area contributed by atoms with Gasteiger partial charge >= 0.3 is 0 Å². The van der Waals surface area contributed by atoms with E-state index in [0.29, 0.717) is 12.6 Å². The van der Waals surface area contributed by atoms with Crippen LogP contribution in [0.4, 0.5) is 0 Å². The van der Waals surface area contributed by atoms with Crippen LogP contribution in [-0.2, 0) is 4.79 Å². The Balaban J connectivity index is 1.60. The monoisotopic (exact) mass is 350 g/mol. The van der Waals surface area contributed by atoms with E-state index in [1.165, 1.54) is 25.7 Å². The number of amides is 1. The Hall–Kier alpha value is -0.910. The Bertz CT molecular complexity index is 499. The average molecular weight is 351 g/mol. The zero-order valence-electron chi connectivity index (χ0n) is 14.5. The standard InChI is InChI=1S/C19H30N2O2S/c22-17(18-9-7-13-24-18)14-16-8-3-1-4-12-21(16)15-19(23)20-10-5-2-6-11-20/h7,9,13,16-17,22H,1-6,8,10-12,14-15H2/t16-,17+/m1/s1.